The Labute approximate surface area is 225 Å². The molecule has 1 saturated heterocycles. The third kappa shape index (κ3) is 8.56. The van der Waals surface area contributed by atoms with Gasteiger partial charge in [-0.25, -0.2) is 4.79 Å². The minimum absolute atomic E-state index is 0.0725. The summed E-state index contributed by atoms with van der Waals surface area (Å²) in [6, 6.07) is 3.27. The third-order valence-electron chi connectivity index (χ3n) is 7.09. The molecule has 2 atom stereocenters. The molecular weight excluding hydrogens is 480 g/mol. The number of carbonyl (C=O) groups excluding carboxylic acids is 2. The molecule has 2 unspecified atom stereocenters. The van der Waals surface area contributed by atoms with Gasteiger partial charge in [0.1, 0.15) is 5.69 Å². The van der Waals surface area contributed by atoms with Crippen molar-refractivity contribution in [1.29, 1.82) is 0 Å². The maximum Gasteiger partial charge on any atom is 0.317 e. The lowest BCUT2D eigenvalue weighted by Gasteiger charge is -2.28. The van der Waals surface area contributed by atoms with Crippen molar-refractivity contribution in [1.82, 2.24) is 25.4 Å². The van der Waals surface area contributed by atoms with Crippen LogP contribution < -0.4 is 16.4 Å². The van der Waals surface area contributed by atoms with E-state index in [0.29, 0.717) is 43.4 Å². The van der Waals surface area contributed by atoms with Crippen LogP contribution in [0.15, 0.2) is 66.6 Å². The summed E-state index contributed by atoms with van der Waals surface area (Å²) >= 11 is 0. The highest BCUT2D eigenvalue weighted by atomic mass is 16.5. The van der Waals surface area contributed by atoms with Crippen LogP contribution in [0.25, 0.3) is 0 Å². The van der Waals surface area contributed by atoms with E-state index in [9.17, 15) is 9.59 Å². The van der Waals surface area contributed by atoms with Crippen molar-refractivity contribution >= 4 is 11.9 Å². The first-order valence-electron chi connectivity index (χ1n) is 13.6. The third-order valence-corrected chi connectivity index (χ3v) is 7.09. The highest BCUT2D eigenvalue weighted by Gasteiger charge is 2.19. The molecule has 38 heavy (non-hydrogen) atoms. The molecule has 9 nitrogen and oxygen atoms in total. The van der Waals surface area contributed by atoms with Crippen LogP contribution in [0.3, 0.4) is 0 Å². The number of aromatic nitrogens is 1. The standard InChI is InChI=1S/C29H40N6O3/c30-25-9-4-5-10-26(25)33-28(36)27-12-11-24(21-32-27)22-35(16-6-15-34-17-19-38-20-18-34)29(37)31-14-13-23-7-2-1-3-8-23/h1-5,7,9,11-12,21,23,26H,6,8,10,13-20,22,30H2,(H,31,37)(H,33,36). The van der Waals surface area contributed by atoms with Crippen molar-refractivity contribution in [2.75, 3.05) is 45.9 Å². The van der Waals surface area contributed by atoms with Crippen LogP contribution in [-0.2, 0) is 11.3 Å². The minimum Gasteiger partial charge on any atom is -0.400 e. The number of nitrogens with zero attached hydrogens (tertiary/aromatic N) is 3. The summed E-state index contributed by atoms with van der Waals surface area (Å²) in [5, 5.41) is 6.04. The van der Waals surface area contributed by atoms with Crippen molar-refractivity contribution in [3.63, 3.8) is 0 Å². The second-order valence-corrected chi connectivity index (χ2v) is 9.97. The number of morpholine rings is 1. The molecule has 1 aliphatic heterocycles. The summed E-state index contributed by atoms with van der Waals surface area (Å²) < 4.78 is 5.44. The average molecular weight is 521 g/mol. The lowest BCUT2D eigenvalue weighted by Crippen LogP contribution is -2.42. The zero-order valence-electron chi connectivity index (χ0n) is 22.1. The van der Waals surface area contributed by atoms with Crippen LogP contribution in [0, 0.1) is 5.92 Å². The Morgan fingerprint density at radius 3 is 2.71 bits per heavy atom. The number of urea groups is 1. The smallest absolute Gasteiger partial charge is 0.317 e. The molecule has 3 amide bonds. The molecule has 1 aromatic heterocycles. The van der Waals surface area contributed by atoms with E-state index in [4.69, 9.17) is 10.5 Å². The summed E-state index contributed by atoms with van der Waals surface area (Å²) in [7, 11) is 0. The van der Waals surface area contributed by atoms with Gasteiger partial charge in [-0.2, -0.15) is 0 Å². The van der Waals surface area contributed by atoms with Crippen LogP contribution in [0.2, 0.25) is 0 Å². The van der Waals surface area contributed by atoms with Gasteiger partial charge in [-0.05, 0) is 49.3 Å². The van der Waals surface area contributed by atoms with E-state index >= 15 is 0 Å². The van der Waals surface area contributed by atoms with Gasteiger partial charge in [0.05, 0.1) is 19.3 Å². The van der Waals surface area contributed by atoms with Crippen molar-refractivity contribution in [2.45, 2.75) is 38.3 Å². The van der Waals surface area contributed by atoms with E-state index < -0.39 is 0 Å². The Hall–Kier alpha value is -3.43. The maximum absolute atomic E-state index is 13.1. The lowest BCUT2D eigenvalue weighted by molar-refractivity contribution is 0.0364. The predicted molar refractivity (Wildman–Crippen MR) is 148 cm³/mol. The minimum atomic E-state index is -0.264. The molecule has 3 aliphatic rings. The molecule has 2 aliphatic carbocycles. The van der Waals surface area contributed by atoms with Gasteiger partial charge < -0.3 is 26.0 Å². The quantitative estimate of drug-likeness (QED) is 0.414. The molecular formula is C29H40N6O3. The summed E-state index contributed by atoms with van der Waals surface area (Å²) in [6.07, 6.45) is 19.3. The number of nitrogens with one attached hydrogen (secondary N) is 2. The predicted octanol–water partition coefficient (Wildman–Crippen LogP) is 2.74. The Balaban J connectivity index is 1.31. The van der Waals surface area contributed by atoms with Crippen LogP contribution >= 0.6 is 0 Å². The molecule has 0 aromatic carbocycles. The number of allylic oxidation sites excluding steroid dienone is 6. The molecule has 0 spiro atoms. The zero-order valence-corrected chi connectivity index (χ0v) is 22.1. The van der Waals surface area contributed by atoms with Gasteiger partial charge in [-0.3, -0.25) is 14.7 Å². The topological polar surface area (TPSA) is 113 Å². The fraction of sp³-hybridized carbons (Fsp3) is 0.483. The number of amides is 3. The number of hydrogen-bond acceptors (Lipinski definition) is 6. The Kier molecular flexibility index (Phi) is 10.5. The number of hydrogen-bond donors (Lipinski definition) is 3. The summed E-state index contributed by atoms with van der Waals surface area (Å²) in [5.41, 5.74) is 7.83. The SMILES string of the molecule is NC1=CC=CCC1NC(=O)c1ccc(CN(CCCN2CCOCC2)C(=O)NCCC2C=CC=CC2)cn1. The fourth-order valence-electron chi connectivity index (χ4n) is 4.78. The second-order valence-electron chi connectivity index (χ2n) is 9.97. The molecule has 0 bridgehead atoms. The largest absolute Gasteiger partial charge is 0.400 e. The monoisotopic (exact) mass is 520 g/mol. The Morgan fingerprint density at radius 1 is 1.13 bits per heavy atom. The van der Waals surface area contributed by atoms with Gasteiger partial charge >= 0.3 is 6.03 Å². The van der Waals surface area contributed by atoms with Gasteiger partial charge in [-0.15, -0.1) is 0 Å². The van der Waals surface area contributed by atoms with Crippen molar-refractivity contribution in [3.05, 3.63) is 77.8 Å². The molecule has 204 valence electrons. The van der Waals surface area contributed by atoms with E-state index in [-0.39, 0.29) is 18.0 Å². The number of rotatable bonds is 11. The Morgan fingerprint density at radius 2 is 1.97 bits per heavy atom. The van der Waals surface area contributed by atoms with E-state index in [0.717, 1.165) is 57.7 Å². The molecule has 2 heterocycles. The van der Waals surface area contributed by atoms with Gasteiger partial charge in [0.15, 0.2) is 0 Å². The van der Waals surface area contributed by atoms with Crippen molar-refractivity contribution in [3.8, 4) is 0 Å². The van der Waals surface area contributed by atoms with Crippen molar-refractivity contribution in [2.24, 2.45) is 11.7 Å². The van der Waals surface area contributed by atoms with Gasteiger partial charge in [0, 0.05) is 51.2 Å². The normalized spacial score (nSPS) is 21.1. The highest BCUT2D eigenvalue weighted by molar-refractivity contribution is 5.92. The number of carbonyl (C=O) groups is 2. The van der Waals surface area contributed by atoms with Crippen LogP contribution in [0.5, 0.6) is 0 Å². The van der Waals surface area contributed by atoms with Gasteiger partial charge in [0.25, 0.3) is 5.91 Å². The molecule has 4 N–H and O–H groups in total. The average Bonchev–Trinajstić information content (AvgIpc) is 2.95. The van der Waals surface area contributed by atoms with E-state index in [1.165, 1.54) is 0 Å². The first-order chi connectivity index (χ1) is 18.6. The van der Waals surface area contributed by atoms with Gasteiger partial charge in [-0.1, -0.05) is 42.5 Å². The molecule has 1 fully saturated rings. The first kappa shape index (κ1) is 27.6. The Bertz CT molecular complexity index is 1040. The van der Waals surface area contributed by atoms with Crippen LogP contribution in [-0.4, -0.2) is 78.7 Å². The van der Waals surface area contributed by atoms with Crippen molar-refractivity contribution < 1.29 is 14.3 Å². The lowest BCUT2D eigenvalue weighted by atomic mass is 9.97. The van der Waals surface area contributed by atoms with E-state index in [1.807, 2.05) is 23.1 Å². The fourth-order valence-corrected chi connectivity index (χ4v) is 4.78. The zero-order chi connectivity index (χ0) is 26.6. The molecule has 9 heteroatoms. The van der Waals surface area contributed by atoms with Crippen LogP contribution in [0.4, 0.5) is 4.79 Å². The number of pyridine rings is 1. The first-order valence-corrected chi connectivity index (χ1v) is 13.6. The van der Waals surface area contributed by atoms with E-state index in [2.05, 4.69) is 44.8 Å². The highest BCUT2D eigenvalue weighted by Crippen LogP contribution is 2.15. The summed E-state index contributed by atoms with van der Waals surface area (Å²) in [4.78, 5) is 34.4. The maximum atomic E-state index is 13.1. The number of nitrogens with two attached hydrogens (primary N) is 1. The second kappa shape index (κ2) is 14.5. The summed E-state index contributed by atoms with van der Waals surface area (Å²) in [5.74, 6) is 0.202. The molecule has 0 radical (unpaired) electrons. The van der Waals surface area contributed by atoms with Gasteiger partial charge in [0.2, 0.25) is 0 Å². The molecule has 0 saturated carbocycles. The van der Waals surface area contributed by atoms with E-state index in [1.54, 1.807) is 18.3 Å². The molecule has 1 aromatic rings. The number of ether oxygens (including phenoxy) is 1. The van der Waals surface area contributed by atoms with Crippen LogP contribution in [0.1, 0.15) is 41.7 Å². The molecule has 4 rings (SSSR count). The summed E-state index contributed by atoms with van der Waals surface area (Å²) in [6.45, 7) is 6.02.